The fourth-order valence-corrected chi connectivity index (χ4v) is 3.58. The minimum atomic E-state index is 0.0839. The normalized spacial score (nSPS) is 24.5. The van der Waals surface area contributed by atoms with Gasteiger partial charge >= 0.3 is 0 Å². The van der Waals surface area contributed by atoms with Gasteiger partial charge in [0.15, 0.2) is 0 Å². The molecule has 0 saturated heterocycles. The minimum Gasteiger partial charge on any atom is -0.474 e. The molecule has 3 heteroatoms. The van der Waals surface area contributed by atoms with Gasteiger partial charge in [0.1, 0.15) is 6.10 Å². The molecule has 1 unspecified atom stereocenters. The van der Waals surface area contributed by atoms with E-state index in [-0.39, 0.29) is 5.92 Å². The van der Waals surface area contributed by atoms with Gasteiger partial charge in [0.2, 0.25) is 5.90 Å². The van der Waals surface area contributed by atoms with Crippen molar-refractivity contribution in [2.24, 2.45) is 16.8 Å². The lowest BCUT2D eigenvalue weighted by Crippen LogP contribution is -2.23. The topological polar surface area (TPSA) is 45.4 Å². The predicted molar refractivity (Wildman–Crippen MR) is 90.7 cm³/mol. The molecule has 0 radical (unpaired) electrons. The molecule has 0 heterocycles. The van der Waals surface area contributed by atoms with Crippen molar-refractivity contribution in [1.82, 2.24) is 0 Å². The van der Waals surface area contributed by atoms with Gasteiger partial charge in [0.25, 0.3) is 0 Å². The van der Waals surface area contributed by atoms with Crippen molar-refractivity contribution in [1.29, 1.82) is 5.26 Å². The summed E-state index contributed by atoms with van der Waals surface area (Å²) in [5, 5.41) is 9.05. The smallest absolute Gasteiger partial charge is 0.215 e. The van der Waals surface area contributed by atoms with Crippen molar-refractivity contribution in [3.05, 3.63) is 23.8 Å². The van der Waals surface area contributed by atoms with E-state index in [0.717, 1.165) is 37.7 Å². The fraction of sp³-hybridized carbons (Fsp3) is 0.684. The quantitative estimate of drug-likeness (QED) is 0.540. The van der Waals surface area contributed by atoms with Gasteiger partial charge in [-0.15, -0.1) is 0 Å². The number of ether oxygens (including phenoxy) is 1. The van der Waals surface area contributed by atoms with Crippen LogP contribution in [0.15, 0.2) is 28.8 Å². The second-order valence-electron chi connectivity index (χ2n) is 6.58. The van der Waals surface area contributed by atoms with Crippen LogP contribution in [0.1, 0.15) is 58.3 Å². The largest absolute Gasteiger partial charge is 0.474 e. The average Bonchev–Trinajstić information content (AvgIpc) is 3.00. The highest BCUT2D eigenvalue weighted by molar-refractivity contribution is 5.97. The summed E-state index contributed by atoms with van der Waals surface area (Å²) >= 11 is 0. The first-order valence-electron chi connectivity index (χ1n) is 8.58. The minimum absolute atomic E-state index is 0.0839. The van der Waals surface area contributed by atoms with Gasteiger partial charge in [-0.2, -0.15) is 5.26 Å². The van der Waals surface area contributed by atoms with Crippen LogP contribution in [0.3, 0.4) is 0 Å². The third-order valence-electron chi connectivity index (χ3n) is 4.82. The van der Waals surface area contributed by atoms with E-state index < -0.39 is 0 Å². The summed E-state index contributed by atoms with van der Waals surface area (Å²) < 4.78 is 6.14. The van der Waals surface area contributed by atoms with Gasteiger partial charge in [-0.25, -0.2) is 0 Å². The van der Waals surface area contributed by atoms with Crippen molar-refractivity contribution in [3.8, 4) is 6.07 Å². The predicted octanol–water partition coefficient (Wildman–Crippen LogP) is 4.81. The van der Waals surface area contributed by atoms with E-state index >= 15 is 0 Å². The Labute approximate surface area is 134 Å². The molecule has 3 nitrogen and oxygen atoms in total. The number of rotatable bonds is 5. The molecule has 0 aromatic carbocycles. The maximum absolute atomic E-state index is 9.05. The summed E-state index contributed by atoms with van der Waals surface area (Å²) in [6, 6.07) is 2.34. The lowest BCUT2D eigenvalue weighted by atomic mass is 9.88. The first-order valence-corrected chi connectivity index (χ1v) is 8.58. The highest BCUT2D eigenvalue weighted by Gasteiger charge is 2.27. The Morgan fingerprint density at radius 1 is 1.41 bits per heavy atom. The molecular weight excluding hydrogens is 272 g/mol. The maximum atomic E-state index is 9.05. The zero-order valence-electron chi connectivity index (χ0n) is 14.0. The Morgan fingerprint density at radius 3 is 2.77 bits per heavy atom. The molecule has 2 rings (SSSR count). The number of nitriles is 1. The second-order valence-corrected chi connectivity index (χ2v) is 6.58. The monoisotopic (exact) mass is 300 g/mol. The van der Waals surface area contributed by atoms with E-state index in [1.54, 1.807) is 7.05 Å². The number of nitrogens with zero attached hydrogens (tertiary/aromatic N) is 2. The Balaban J connectivity index is 2.00. The van der Waals surface area contributed by atoms with E-state index in [1.165, 1.54) is 24.8 Å². The molecule has 0 aromatic rings. The summed E-state index contributed by atoms with van der Waals surface area (Å²) in [6.07, 6.45) is 11.7. The van der Waals surface area contributed by atoms with Crippen molar-refractivity contribution in [2.75, 3.05) is 7.05 Å². The van der Waals surface area contributed by atoms with Crippen LogP contribution in [0.4, 0.5) is 0 Å². The Morgan fingerprint density at radius 2 is 2.14 bits per heavy atom. The number of aliphatic imine (C=N–C) groups is 1. The number of hydrogen-bond donors (Lipinski definition) is 0. The molecule has 0 aromatic heterocycles. The van der Waals surface area contributed by atoms with E-state index in [1.807, 2.05) is 6.92 Å². The molecule has 1 saturated carbocycles. The van der Waals surface area contributed by atoms with Crippen molar-refractivity contribution in [2.45, 2.75) is 64.4 Å². The molecule has 1 fully saturated rings. The lowest BCUT2D eigenvalue weighted by Gasteiger charge is -2.26. The molecule has 0 amide bonds. The molecule has 2 aliphatic carbocycles. The molecule has 22 heavy (non-hydrogen) atoms. The molecule has 120 valence electrons. The van der Waals surface area contributed by atoms with Gasteiger partial charge < -0.3 is 4.74 Å². The third-order valence-corrected chi connectivity index (χ3v) is 4.82. The summed E-state index contributed by atoms with van der Waals surface area (Å²) in [4.78, 5) is 4.35. The van der Waals surface area contributed by atoms with Crippen LogP contribution in [0, 0.1) is 23.2 Å². The van der Waals surface area contributed by atoms with E-state index in [2.05, 4.69) is 23.7 Å². The molecular formula is C19H28N2O. The Kier molecular flexibility index (Phi) is 6.24. The van der Waals surface area contributed by atoms with Crippen LogP contribution in [0.5, 0.6) is 0 Å². The van der Waals surface area contributed by atoms with Gasteiger partial charge in [-0.3, -0.25) is 4.99 Å². The molecule has 0 aliphatic heterocycles. The lowest BCUT2D eigenvalue weighted by molar-refractivity contribution is 0.143. The fourth-order valence-electron chi connectivity index (χ4n) is 3.58. The van der Waals surface area contributed by atoms with Gasteiger partial charge in [-0.1, -0.05) is 19.1 Å². The van der Waals surface area contributed by atoms with Crippen LogP contribution < -0.4 is 0 Å². The van der Waals surface area contributed by atoms with Crippen LogP contribution in [-0.2, 0) is 4.74 Å². The first-order chi connectivity index (χ1) is 10.7. The summed E-state index contributed by atoms with van der Waals surface area (Å²) in [5.41, 5.74) is 2.18. The molecule has 2 aliphatic rings. The summed E-state index contributed by atoms with van der Waals surface area (Å²) in [7, 11) is 1.78. The first kappa shape index (κ1) is 16.8. The highest BCUT2D eigenvalue weighted by atomic mass is 16.5. The number of allylic oxidation sites excluding steroid dienone is 1. The zero-order valence-corrected chi connectivity index (χ0v) is 14.0. The molecule has 0 N–H and O–H groups in total. The Bertz CT molecular complexity index is 492. The Hall–Kier alpha value is -1.56. The molecule has 2 atom stereocenters. The van der Waals surface area contributed by atoms with Crippen LogP contribution in [0.25, 0.3) is 0 Å². The van der Waals surface area contributed by atoms with Crippen LogP contribution in [0.2, 0.25) is 0 Å². The average molecular weight is 300 g/mol. The van der Waals surface area contributed by atoms with Crippen LogP contribution >= 0.6 is 0 Å². The van der Waals surface area contributed by atoms with Gasteiger partial charge in [0, 0.05) is 18.5 Å². The number of hydrogen-bond acceptors (Lipinski definition) is 3. The van der Waals surface area contributed by atoms with Gasteiger partial charge in [-0.05, 0) is 63.4 Å². The van der Waals surface area contributed by atoms with E-state index in [9.17, 15) is 0 Å². The summed E-state index contributed by atoms with van der Waals surface area (Å²) in [5.74, 6) is 1.21. The summed E-state index contributed by atoms with van der Waals surface area (Å²) in [6.45, 7) is 6.24. The third kappa shape index (κ3) is 4.22. The van der Waals surface area contributed by atoms with Crippen molar-refractivity contribution < 1.29 is 4.74 Å². The van der Waals surface area contributed by atoms with Crippen molar-refractivity contribution in [3.63, 3.8) is 0 Å². The van der Waals surface area contributed by atoms with Gasteiger partial charge in [0.05, 0.1) is 6.07 Å². The molecule has 0 spiro atoms. The van der Waals surface area contributed by atoms with E-state index in [0.29, 0.717) is 17.9 Å². The highest BCUT2D eigenvalue weighted by Crippen LogP contribution is 2.36. The zero-order chi connectivity index (χ0) is 15.9. The van der Waals surface area contributed by atoms with E-state index in [4.69, 9.17) is 10.00 Å². The standard InChI is InChI=1S/C19H28N2O/c1-14(13-20)12-16-8-7-11-18(16)15(2)19(21-3)22-17-9-5-4-6-10-17/h11,14,16-17H,2,4-10,12H2,1,3H3/b21-19+/t14?,16-/m1/s1. The SMILES string of the molecule is C=C(C1=CCC[C@@H]1CC(C)C#N)/C(=N\C)OC1CCCCC1. The maximum Gasteiger partial charge on any atom is 0.215 e. The second kappa shape index (κ2) is 8.17. The molecule has 0 bridgehead atoms. The van der Waals surface area contributed by atoms with Crippen molar-refractivity contribution >= 4 is 5.90 Å². The van der Waals surface area contributed by atoms with Crippen LogP contribution in [-0.4, -0.2) is 19.0 Å².